The van der Waals surface area contributed by atoms with Crippen LogP contribution in [-0.4, -0.2) is 37.3 Å². The van der Waals surface area contributed by atoms with Gasteiger partial charge in [0.2, 0.25) is 11.9 Å². The van der Waals surface area contributed by atoms with Gasteiger partial charge in [0.15, 0.2) is 6.61 Å². The van der Waals surface area contributed by atoms with Crippen LogP contribution in [0.3, 0.4) is 0 Å². The summed E-state index contributed by atoms with van der Waals surface area (Å²) in [4.78, 5) is 14.9. The Labute approximate surface area is 104 Å². The summed E-state index contributed by atoms with van der Waals surface area (Å²) in [5.41, 5.74) is 2.11. The standard InChI is InChI=1S/C8H8F3N7O/c9-8(10,11)3-19-7-15-5(17-12)14-6(16-7)18-2-1-13-4-18/h1-2,4H,3,12H2,(H,14,15,16,17). The normalized spacial score (nSPS) is 11.4. The number of imidazole rings is 1. The lowest BCUT2D eigenvalue weighted by atomic mass is 10.7. The summed E-state index contributed by atoms with van der Waals surface area (Å²) in [5, 5.41) is 0. The lowest BCUT2D eigenvalue weighted by Gasteiger charge is -2.09. The number of nitrogen functional groups attached to an aromatic ring is 1. The highest BCUT2D eigenvalue weighted by Crippen LogP contribution is 2.17. The molecule has 0 atom stereocenters. The van der Waals surface area contributed by atoms with Crippen molar-refractivity contribution in [1.29, 1.82) is 0 Å². The first-order valence-corrected chi connectivity index (χ1v) is 4.88. The monoisotopic (exact) mass is 275 g/mol. The van der Waals surface area contributed by atoms with Crippen molar-refractivity contribution in [2.75, 3.05) is 12.0 Å². The summed E-state index contributed by atoms with van der Waals surface area (Å²) in [6.07, 6.45) is -0.167. The quantitative estimate of drug-likeness (QED) is 0.610. The Bertz CT molecular complexity index is 542. The molecule has 2 rings (SSSR count). The summed E-state index contributed by atoms with van der Waals surface area (Å²) in [6, 6.07) is -0.496. The number of rotatable bonds is 4. The van der Waals surface area contributed by atoms with Gasteiger partial charge in [0.1, 0.15) is 6.33 Å². The molecule has 0 amide bonds. The van der Waals surface area contributed by atoms with Crippen molar-refractivity contribution in [3.63, 3.8) is 0 Å². The molecule has 11 heteroatoms. The third-order valence-corrected chi connectivity index (χ3v) is 1.83. The highest BCUT2D eigenvalue weighted by atomic mass is 19.4. The number of aromatic nitrogens is 5. The molecule has 0 spiro atoms. The van der Waals surface area contributed by atoms with Crippen molar-refractivity contribution < 1.29 is 17.9 Å². The van der Waals surface area contributed by atoms with Crippen LogP contribution in [0.1, 0.15) is 0 Å². The maximum Gasteiger partial charge on any atom is 0.422 e. The van der Waals surface area contributed by atoms with E-state index >= 15 is 0 Å². The van der Waals surface area contributed by atoms with E-state index in [4.69, 9.17) is 5.84 Å². The number of anilines is 1. The van der Waals surface area contributed by atoms with Crippen LogP contribution in [-0.2, 0) is 0 Å². The number of hydrogen-bond donors (Lipinski definition) is 2. The molecule has 0 unspecified atom stereocenters. The molecule has 2 heterocycles. The average molecular weight is 275 g/mol. The molecule has 0 fully saturated rings. The van der Waals surface area contributed by atoms with Gasteiger partial charge in [0, 0.05) is 12.4 Å². The molecule has 0 bridgehead atoms. The fraction of sp³-hybridized carbons (Fsp3) is 0.250. The second kappa shape index (κ2) is 5.06. The van der Waals surface area contributed by atoms with Crippen LogP contribution in [0.25, 0.3) is 5.95 Å². The molecule has 3 N–H and O–H groups in total. The van der Waals surface area contributed by atoms with Crippen LogP contribution in [0, 0.1) is 0 Å². The van der Waals surface area contributed by atoms with Crippen molar-refractivity contribution in [2.45, 2.75) is 6.18 Å². The minimum Gasteiger partial charge on any atom is -0.454 e. The summed E-state index contributed by atoms with van der Waals surface area (Å²) < 4.78 is 41.9. The smallest absolute Gasteiger partial charge is 0.422 e. The second-order valence-electron chi connectivity index (χ2n) is 3.26. The van der Waals surface area contributed by atoms with Gasteiger partial charge in [-0.05, 0) is 0 Å². The van der Waals surface area contributed by atoms with E-state index in [2.05, 4.69) is 30.1 Å². The zero-order valence-corrected chi connectivity index (χ0v) is 9.29. The predicted molar refractivity (Wildman–Crippen MR) is 56.3 cm³/mol. The molecular weight excluding hydrogens is 267 g/mol. The number of nitrogens with one attached hydrogen (secondary N) is 1. The van der Waals surface area contributed by atoms with Crippen LogP contribution in [0.15, 0.2) is 18.7 Å². The van der Waals surface area contributed by atoms with Gasteiger partial charge in [-0.1, -0.05) is 0 Å². The topological polar surface area (TPSA) is 104 Å². The molecule has 8 nitrogen and oxygen atoms in total. The van der Waals surface area contributed by atoms with E-state index in [1.807, 2.05) is 0 Å². The van der Waals surface area contributed by atoms with Crippen molar-refractivity contribution in [3.05, 3.63) is 18.7 Å². The van der Waals surface area contributed by atoms with Crippen molar-refractivity contribution in [3.8, 4) is 12.0 Å². The van der Waals surface area contributed by atoms with Crippen molar-refractivity contribution in [2.24, 2.45) is 5.84 Å². The molecule has 0 aliphatic carbocycles. The molecule has 0 saturated carbocycles. The largest absolute Gasteiger partial charge is 0.454 e. The first-order chi connectivity index (χ1) is 8.98. The first kappa shape index (κ1) is 13.0. The summed E-state index contributed by atoms with van der Waals surface area (Å²) in [6.45, 7) is -1.51. The molecule has 0 radical (unpaired) electrons. The van der Waals surface area contributed by atoms with Crippen LogP contribution in [0.2, 0.25) is 0 Å². The number of nitrogens with zero attached hydrogens (tertiary/aromatic N) is 5. The Balaban J connectivity index is 2.26. The molecule has 19 heavy (non-hydrogen) atoms. The molecule has 2 aromatic rings. The zero-order chi connectivity index (χ0) is 13.9. The Morgan fingerprint density at radius 1 is 1.32 bits per heavy atom. The summed E-state index contributed by atoms with van der Waals surface area (Å²) in [5.74, 6) is 5.01. The number of hydrazine groups is 1. The number of ether oxygens (including phenoxy) is 1. The van der Waals surface area contributed by atoms with Gasteiger partial charge in [-0.25, -0.2) is 10.8 Å². The lowest BCUT2D eigenvalue weighted by molar-refractivity contribution is -0.154. The van der Waals surface area contributed by atoms with Gasteiger partial charge in [0.05, 0.1) is 0 Å². The summed E-state index contributed by atoms with van der Waals surface area (Å²) in [7, 11) is 0. The van der Waals surface area contributed by atoms with E-state index in [0.717, 1.165) is 0 Å². The number of nitrogens with two attached hydrogens (primary N) is 1. The van der Waals surface area contributed by atoms with Gasteiger partial charge in [0.25, 0.3) is 0 Å². The van der Waals surface area contributed by atoms with E-state index in [0.29, 0.717) is 0 Å². The fourth-order valence-electron chi connectivity index (χ4n) is 1.11. The van der Waals surface area contributed by atoms with Gasteiger partial charge in [-0.3, -0.25) is 9.99 Å². The average Bonchev–Trinajstić information content (AvgIpc) is 2.89. The minimum absolute atomic E-state index is 0.0256. The van der Waals surface area contributed by atoms with Gasteiger partial charge in [-0.15, -0.1) is 0 Å². The van der Waals surface area contributed by atoms with Gasteiger partial charge < -0.3 is 4.74 Å². The van der Waals surface area contributed by atoms with E-state index in [9.17, 15) is 13.2 Å². The molecule has 0 aliphatic rings. The number of alkyl halides is 3. The van der Waals surface area contributed by atoms with Gasteiger partial charge in [-0.2, -0.15) is 28.1 Å². The van der Waals surface area contributed by atoms with E-state index in [1.165, 1.54) is 23.3 Å². The maximum atomic E-state index is 12.0. The Kier molecular flexibility index (Phi) is 3.46. The Hall–Kier alpha value is -2.43. The molecule has 0 aromatic carbocycles. The van der Waals surface area contributed by atoms with Gasteiger partial charge >= 0.3 is 12.2 Å². The lowest BCUT2D eigenvalue weighted by Crippen LogP contribution is -2.21. The minimum atomic E-state index is -4.49. The third-order valence-electron chi connectivity index (χ3n) is 1.83. The van der Waals surface area contributed by atoms with Crippen LogP contribution >= 0.6 is 0 Å². The van der Waals surface area contributed by atoms with E-state index in [-0.39, 0.29) is 11.9 Å². The van der Waals surface area contributed by atoms with Crippen LogP contribution in [0.4, 0.5) is 19.1 Å². The van der Waals surface area contributed by atoms with Crippen LogP contribution < -0.4 is 16.0 Å². The molecular formula is C8H8F3N7O. The fourth-order valence-corrected chi connectivity index (χ4v) is 1.11. The van der Waals surface area contributed by atoms with E-state index in [1.54, 1.807) is 0 Å². The highest BCUT2D eigenvalue weighted by molar-refractivity contribution is 5.28. The van der Waals surface area contributed by atoms with Crippen molar-refractivity contribution >= 4 is 5.95 Å². The third kappa shape index (κ3) is 3.51. The first-order valence-electron chi connectivity index (χ1n) is 4.88. The second-order valence-corrected chi connectivity index (χ2v) is 3.26. The summed E-state index contributed by atoms with van der Waals surface area (Å²) >= 11 is 0. The number of halogens is 3. The predicted octanol–water partition coefficient (Wildman–Crippen LogP) is 0.284. The SMILES string of the molecule is NNc1nc(OCC(F)(F)F)nc(-n2ccnc2)n1. The highest BCUT2D eigenvalue weighted by Gasteiger charge is 2.29. The molecule has 0 aliphatic heterocycles. The number of hydrogen-bond acceptors (Lipinski definition) is 7. The van der Waals surface area contributed by atoms with Crippen LogP contribution in [0.5, 0.6) is 6.01 Å². The maximum absolute atomic E-state index is 12.0. The van der Waals surface area contributed by atoms with Crippen molar-refractivity contribution in [1.82, 2.24) is 24.5 Å². The molecule has 2 aromatic heterocycles. The Morgan fingerprint density at radius 2 is 2.11 bits per heavy atom. The zero-order valence-electron chi connectivity index (χ0n) is 9.29. The Morgan fingerprint density at radius 3 is 2.68 bits per heavy atom. The molecule has 102 valence electrons. The molecule has 0 saturated heterocycles. The van der Waals surface area contributed by atoms with E-state index < -0.39 is 18.8 Å².